The van der Waals surface area contributed by atoms with Gasteiger partial charge in [0.25, 0.3) is 0 Å². The molecule has 0 N–H and O–H groups in total. The Morgan fingerprint density at radius 2 is 1.55 bits per heavy atom. The zero-order chi connectivity index (χ0) is 30.4. The van der Waals surface area contributed by atoms with Gasteiger partial charge in [-0.25, -0.2) is 4.98 Å². The largest absolute Gasteiger partial charge is 0.511 e. The van der Waals surface area contributed by atoms with Crippen molar-refractivity contribution in [3.8, 4) is 17.3 Å². The summed E-state index contributed by atoms with van der Waals surface area (Å²) in [7, 11) is 1.99. The van der Waals surface area contributed by atoms with Crippen molar-refractivity contribution in [3.63, 3.8) is 0 Å². The molecule has 0 unspecified atom stereocenters. The number of rotatable bonds is 4. The maximum absolute atomic E-state index is 6.70. The van der Waals surface area contributed by atoms with Crippen LogP contribution in [0.3, 0.4) is 0 Å². The van der Waals surface area contributed by atoms with Crippen molar-refractivity contribution < 1.29 is 34.6 Å². The fourth-order valence-corrected chi connectivity index (χ4v) is 6.61. The summed E-state index contributed by atoms with van der Waals surface area (Å²) >= 11 is 0. The van der Waals surface area contributed by atoms with Gasteiger partial charge >= 0.3 is 0 Å². The van der Waals surface area contributed by atoms with E-state index in [-0.39, 0.29) is 21.1 Å². The molecule has 0 fully saturated rings. The molecule has 230 valence electrons. The summed E-state index contributed by atoms with van der Waals surface area (Å²) in [5, 5.41) is 6.03. The molecule has 5 heterocycles. The molecule has 47 heavy (non-hydrogen) atoms. The van der Waals surface area contributed by atoms with Crippen LogP contribution in [0.2, 0.25) is 0 Å². The van der Waals surface area contributed by atoms with Gasteiger partial charge in [-0.3, -0.25) is 0 Å². The second-order valence-electron chi connectivity index (χ2n) is 11.5. The van der Waals surface area contributed by atoms with E-state index in [0.717, 1.165) is 71.6 Å². The molecule has 0 amide bonds. The summed E-state index contributed by atoms with van der Waals surface area (Å²) in [5.74, 6) is 1.82. The maximum Gasteiger partial charge on any atom is 0.139 e. The predicted molar refractivity (Wildman–Crippen MR) is 181 cm³/mol. The molecule has 7 nitrogen and oxygen atoms in total. The minimum Gasteiger partial charge on any atom is -0.511 e. The zero-order valence-corrected chi connectivity index (χ0v) is 27.1. The Kier molecular flexibility index (Phi) is 6.21. The molecule has 4 aromatic heterocycles. The van der Waals surface area contributed by atoms with E-state index in [4.69, 9.17) is 13.6 Å². The second kappa shape index (κ2) is 10.5. The smallest absolute Gasteiger partial charge is 0.139 e. The van der Waals surface area contributed by atoms with Gasteiger partial charge in [-0.15, -0.1) is 35.3 Å². The van der Waals surface area contributed by atoms with Crippen molar-refractivity contribution in [1.82, 2.24) is 14.5 Å². The van der Waals surface area contributed by atoms with Crippen LogP contribution in [0.4, 0.5) is 5.69 Å². The van der Waals surface area contributed by atoms with Crippen molar-refractivity contribution in [1.29, 1.82) is 0 Å². The zero-order valence-electron chi connectivity index (χ0n) is 24.9. The third kappa shape index (κ3) is 4.20. The molecule has 0 saturated heterocycles. The van der Waals surface area contributed by atoms with Crippen molar-refractivity contribution >= 4 is 71.4 Å². The maximum atomic E-state index is 6.70. The Hall–Kier alpha value is -5.52. The predicted octanol–water partition coefficient (Wildman–Crippen LogP) is 9.71. The van der Waals surface area contributed by atoms with Gasteiger partial charge in [0.05, 0.1) is 16.7 Å². The molecule has 0 bridgehead atoms. The first-order chi connectivity index (χ1) is 22.7. The topological polar surface area (TPSA) is 59.8 Å². The van der Waals surface area contributed by atoms with Crippen LogP contribution in [0.15, 0.2) is 124 Å². The van der Waals surface area contributed by atoms with Gasteiger partial charge in [0.2, 0.25) is 0 Å². The number of ether oxygens (including phenoxy) is 1. The number of hydrogen-bond donors (Lipinski definition) is 0. The van der Waals surface area contributed by atoms with E-state index in [1.807, 2.05) is 90.5 Å². The number of hydrogen-bond acceptors (Lipinski definition) is 6. The number of aromatic nitrogens is 2. The number of furan rings is 2. The molecule has 8 heteroatoms. The summed E-state index contributed by atoms with van der Waals surface area (Å²) in [6.07, 6.45) is 5.79. The second-order valence-corrected chi connectivity index (χ2v) is 11.5. The number of pyridine rings is 1. The average Bonchev–Trinajstić information content (AvgIpc) is 3.86. The first kappa shape index (κ1) is 27.8. The van der Waals surface area contributed by atoms with Gasteiger partial charge in [0.1, 0.15) is 22.6 Å². The molecule has 0 aliphatic carbocycles. The quantitative estimate of drug-likeness (QED) is 0.166. The Bertz CT molecular complexity index is 2690. The van der Waals surface area contributed by atoms with Crippen LogP contribution in [0.1, 0.15) is 0 Å². The SMILES string of the molecule is CN1C=CN(c2[c-]c(Oc3[c-]c4c(cc3)c3ccccc3n4-c3ccccn3)c3oc4c(ccc5oc6ccccc6c54)c3c2)[CH-]1.[Pt]. The standard InChI is InChI=1S/C39H23N4O3.Pt/c1-41-18-19-42(23-41)24-20-30-28-15-16-34-37(29-9-3-5-11-33(29)45-34)39(28)46-38(30)35(21-24)44-25-13-14-27-26-8-2-4-10-31(26)43(32(27)22-25)36-12-6-7-17-40-36;/h2-20,23H,1H3;/q-3;. The molecule has 0 radical (unpaired) electrons. The number of nitrogens with zero attached hydrogens (tertiary/aromatic N) is 4. The van der Waals surface area contributed by atoms with E-state index in [9.17, 15) is 0 Å². The molecule has 0 saturated carbocycles. The molecule has 0 atom stereocenters. The molecule has 9 aromatic rings. The van der Waals surface area contributed by atoms with E-state index in [0.29, 0.717) is 17.1 Å². The van der Waals surface area contributed by atoms with Crippen LogP contribution < -0.4 is 9.64 Å². The Balaban J connectivity index is 0.00000302. The van der Waals surface area contributed by atoms with Crippen LogP contribution >= 0.6 is 0 Å². The Morgan fingerprint density at radius 1 is 0.723 bits per heavy atom. The van der Waals surface area contributed by atoms with Crippen LogP contribution in [0.5, 0.6) is 11.5 Å². The monoisotopic (exact) mass is 790 g/mol. The fraction of sp³-hybridized carbons (Fsp3) is 0.0256. The van der Waals surface area contributed by atoms with Crippen LogP contribution in [-0.2, 0) is 21.1 Å². The summed E-state index contributed by atoms with van der Waals surface area (Å²) in [6.45, 7) is 2.00. The van der Waals surface area contributed by atoms with Crippen LogP contribution in [0, 0.1) is 18.8 Å². The normalized spacial score (nSPS) is 13.2. The minimum absolute atomic E-state index is 0. The molecule has 10 rings (SSSR count). The molecule has 1 aliphatic heterocycles. The minimum atomic E-state index is 0. The number of fused-ring (bicyclic) bond motifs is 10. The van der Waals surface area contributed by atoms with Crippen molar-refractivity contribution in [2.75, 3.05) is 11.9 Å². The van der Waals surface area contributed by atoms with Gasteiger partial charge < -0.3 is 27.9 Å². The van der Waals surface area contributed by atoms with Gasteiger partial charge in [-0.1, -0.05) is 53.4 Å². The van der Waals surface area contributed by atoms with E-state index in [2.05, 4.69) is 64.1 Å². The third-order valence-electron chi connectivity index (χ3n) is 8.66. The Labute approximate surface area is 283 Å². The third-order valence-corrected chi connectivity index (χ3v) is 8.66. The average molecular weight is 791 g/mol. The molecular weight excluding hydrogens is 768 g/mol. The van der Waals surface area contributed by atoms with Crippen molar-refractivity contribution in [2.45, 2.75) is 0 Å². The summed E-state index contributed by atoms with van der Waals surface area (Å²) in [6, 6.07) is 39.5. The molecule has 5 aromatic carbocycles. The van der Waals surface area contributed by atoms with Crippen molar-refractivity contribution in [3.05, 3.63) is 134 Å². The van der Waals surface area contributed by atoms with Gasteiger partial charge in [-0.05, 0) is 61.2 Å². The number of benzene rings is 5. The van der Waals surface area contributed by atoms with E-state index < -0.39 is 0 Å². The number of anilines is 1. The Morgan fingerprint density at radius 3 is 2.40 bits per heavy atom. The van der Waals surface area contributed by atoms with E-state index >= 15 is 0 Å². The van der Waals surface area contributed by atoms with Gasteiger partial charge in [-0.2, -0.15) is 12.7 Å². The fourth-order valence-electron chi connectivity index (χ4n) is 6.61. The van der Waals surface area contributed by atoms with Crippen LogP contribution in [0.25, 0.3) is 71.5 Å². The van der Waals surface area contributed by atoms with Crippen LogP contribution in [-0.4, -0.2) is 21.5 Å². The number of para-hydroxylation sites is 2. The van der Waals surface area contributed by atoms with Crippen molar-refractivity contribution in [2.24, 2.45) is 0 Å². The summed E-state index contributed by atoms with van der Waals surface area (Å²) < 4.78 is 21.7. The first-order valence-electron chi connectivity index (χ1n) is 15.0. The summed E-state index contributed by atoms with van der Waals surface area (Å²) in [4.78, 5) is 8.67. The summed E-state index contributed by atoms with van der Waals surface area (Å²) in [5.41, 5.74) is 5.70. The van der Waals surface area contributed by atoms with E-state index in [1.165, 1.54) is 0 Å². The first-order valence-corrected chi connectivity index (χ1v) is 15.0. The van der Waals surface area contributed by atoms with Gasteiger partial charge in [0, 0.05) is 49.3 Å². The van der Waals surface area contributed by atoms with E-state index in [1.54, 1.807) is 6.20 Å². The molecule has 1 aliphatic rings. The molecular formula is C39H23N4O3Pt-3. The van der Waals surface area contributed by atoms with Gasteiger partial charge in [0.15, 0.2) is 0 Å². The molecule has 0 spiro atoms.